The lowest BCUT2D eigenvalue weighted by molar-refractivity contribution is -0.143. The van der Waals surface area contributed by atoms with Crippen LogP contribution in [0, 0.1) is 0 Å². The number of benzene rings is 1. The normalized spacial score (nSPS) is 17.3. The molecule has 1 fully saturated rings. The second kappa shape index (κ2) is 7.94. The highest BCUT2D eigenvalue weighted by molar-refractivity contribution is 7.89. The third-order valence-electron chi connectivity index (χ3n) is 4.05. The number of aromatic carboxylic acids is 1. The summed E-state index contributed by atoms with van der Waals surface area (Å²) < 4.78 is 31.8. The van der Waals surface area contributed by atoms with Gasteiger partial charge in [-0.3, -0.25) is 4.79 Å². The minimum absolute atomic E-state index is 0.0271. The van der Waals surface area contributed by atoms with Crippen LogP contribution in [0.1, 0.15) is 24.2 Å². The summed E-state index contributed by atoms with van der Waals surface area (Å²) >= 11 is 0. The van der Waals surface area contributed by atoms with E-state index < -0.39 is 22.1 Å². The molecule has 1 heterocycles. The summed E-state index contributed by atoms with van der Waals surface area (Å²) in [5, 5.41) is 8.88. The molecule has 1 aliphatic heterocycles. The first-order valence-electron chi connectivity index (χ1n) is 8.01. The van der Waals surface area contributed by atoms with E-state index in [2.05, 4.69) is 0 Å². The summed E-state index contributed by atoms with van der Waals surface area (Å²) in [6.07, 6.45) is -0.545. The monoisotopic (exact) mass is 370 g/mol. The van der Waals surface area contributed by atoms with Crippen molar-refractivity contribution >= 4 is 21.9 Å². The Morgan fingerprint density at radius 2 is 1.72 bits per heavy atom. The molecule has 9 heteroatoms. The number of hydrogen-bond donors (Lipinski definition) is 1. The predicted molar refractivity (Wildman–Crippen MR) is 89.8 cm³/mol. The van der Waals surface area contributed by atoms with Gasteiger partial charge in [-0.2, -0.15) is 4.31 Å². The largest absolute Gasteiger partial charge is 0.478 e. The Labute approximate surface area is 147 Å². The molecule has 1 aliphatic rings. The van der Waals surface area contributed by atoms with E-state index >= 15 is 0 Å². The Kier molecular flexibility index (Phi) is 6.15. The molecular weight excluding hydrogens is 348 g/mol. The first kappa shape index (κ1) is 19.4. The molecule has 0 saturated carbocycles. The Balaban J connectivity index is 2.03. The smallest absolute Gasteiger partial charge is 0.335 e. The van der Waals surface area contributed by atoms with Gasteiger partial charge in [-0.25, -0.2) is 13.2 Å². The van der Waals surface area contributed by atoms with Crippen LogP contribution in [0.5, 0.6) is 0 Å². The van der Waals surface area contributed by atoms with Crippen LogP contribution in [0.25, 0.3) is 0 Å². The Bertz CT molecular complexity index is 723. The van der Waals surface area contributed by atoms with Gasteiger partial charge in [0.05, 0.1) is 10.5 Å². The zero-order valence-corrected chi connectivity index (χ0v) is 15.0. The van der Waals surface area contributed by atoms with Crippen LogP contribution in [0.3, 0.4) is 0 Å². The number of carbonyl (C=O) groups is 2. The fourth-order valence-corrected chi connectivity index (χ4v) is 4.07. The molecule has 8 nitrogen and oxygen atoms in total. The number of carbonyl (C=O) groups excluding carboxylic acids is 1. The molecule has 2 rings (SSSR count). The van der Waals surface area contributed by atoms with Crippen molar-refractivity contribution in [1.82, 2.24) is 9.21 Å². The van der Waals surface area contributed by atoms with Crippen LogP contribution in [0.15, 0.2) is 29.2 Å². The molecule has 0 spiro atoms. The third-order valence-corrected chi connectivity index (χ3v) is 5.97. The van der Waals surface area contributed by atoms with Gasteiger partial charge in [0.15, 0.2) is 0 Å². The average molecular weight is 370 g/mol. The maximum atomic E-state index is 12.6. The Hall–Kier alpha value is -1.97. The highest BCUT2D eigenvalue weighted by Gasteiger charge is 2.31. The number of piperazine rings is 1. The van der Waals surface area contributed by atoms with Gasteiger partial charge < -0.3 is 14.7 Å². The fourth-order valence-electron chi connectivity index (χ4n) is 2.65. The van der Waals surface area contributed by atoms with Gasteiger partial charge in [-0.15, -0.1) is 0 Å². The predicted octanol–water partition coefficient (Wildman–Crippen LogP) is 0.643. The van der Waals surface area contributed by atoms with Crippen molar-refractivity contribution in [2.75, 3.05) is 32.8 Å². The minimum atomic E-state index is -3.71. The van der Waals surface area contributed by atoms with Crippen molar-refractivity contribution in [3.63, 3.8) is 0 Å². The van der Waals surface area contributed by atoms with Crippen molar-refractivity contribution in [3.8, 4) is 0 Å². The van der Waals surface area contributed by atoms with Crippen molar-refractivity contribution in [2.24, 2.45) is 0 Å². The van der Waals surface area contributed by atoms with E-state index in [1.807, 2.05) is 6.92 Å². The quantitative estimate of drug-likeness (QED) is 0.788. The summed E-state index contributed by atoms with van der Waals surface area (Å²) in [6.45, 7) is 4.89. The molecule has 138 valence electrons. The fraction of sp³-hybridized carbons (Fsp3) is 0.500. The molecule has 0 aliphatic carbocycles. The van der Waals surface area contributed by atoms with Gasteiger partial charge in [0.1, 0.15) is 6.10 Å². The van der Waals surface area contributed by atoms with Crippen molar-refractivity contribution < 1.29 is 27.9 Å². The van der Waals surface area contributed by atoms with E-state index in [4.69, 9.17) is 9.84 Å². The van der Waals surface area contributed by atoms with Crippen molar-refractivity contribution in [2.45, 2.75) is 24.8 Å². The number of nitrogens with zero attached hydrogens (tertiary/aromatic N) is 2. The summed E-state index contributed by atoms with van der Waals surface area (Å²) in [5.74, 6) is -1.26. The molecule has 0 aromatic heterocycles. The summed E-state index contributed by atoms with van der Waals surface area (Å²) in [4.78, 5) is 24.7. The van der Waals surface area contributed by atoms with Gasteiger partial charge in [0.2, 0.25) is 10.0 Å². The maximum Gasteiger partial charge on any atom is 0.335 e. The molecule has 1 unspecified atom stereocenters. The van der Waals surface area contributed by atoms with Crippen LogP contribution in [0.2, 0.25) is 0 Å². The van der Waals surface area contributed by atoms with Crippen LogP contribution < -0.4 is 0 Å². The standard InChI is InChI=1S/C16H22N2O6S/c1-3-24-12(2)15(19)17-8-10-18(11-9-17)25(22,23)14-6-4-13(5-7-14)16(20)21/h4-7,12H,3,8-11H2,1-2H3,(H,20,21). The molecule has 1 N–H and O–H groups in total. The van der Waals surface area contributed by atoms with E-state index in [9.17, 15) is 18.0 Å². The maximum absolute atomic E-state index is 12.6. The summed E-state index contributed by atoms with van der Waals surface area (Å²) in [7, 11) is -3.71. The molecule has 1 aromatic rings. The van der Waals surface area contributed by atoms with Crippen LogP contribution in [0.4, 0.5) is 0 Å². The zero-order valence-electron chi connectivity index (χ0n) is 14.2. The first-order chi connectivity index (χ1) is 11.8. The molecule has 1 atom stereocenters. The van der Waals surface area contributed by atoms with Gasteiger partial charge >= 0.3 is 5.97 Å². The highest BCUT2D eigenvalue weighted by Crippen LogP contribution is 2.19. The molecular formula is C16H22N2O6S. The van der Waals surface area contributed by atoms with Gasteiger partial charge in [-0.1, -0.05) is 0 Å². The molecule has 1 aromatic carbocycles. The average Bonchev–Trinajstić information content (AvgIpc) is 2.61. The zero-order chi connectivity index (χ0) is 18.6. The molecule has 25 heavy (non-hydrogen) atoms. The number of ether oxygens (including phenoxy) is 1. The summed E-state index contributed by atoms with van der Waals surface area (Å²) in [6, 6.07) is 5.10. The number of carboxylic acid groups (broad SMARTS) is 1. The number of hydrogen-bond acceptors (Lipinski definition) is 5. The lowest BCUT2D eigenvalue weighted by Crippen LogP contribution is -2.52. The second-order valence-electron chi connectivity index (χ2n) is 5.66. The van der Waals surface area contributed by atoms with E-state index in [1.165, 1.54) is 28.6 Å². The molecule has 1 saturated heterocycles. The van der Waals surface area contributed by atoms with E-state index in [0.717, 1.165) is 0 Å². The number of rotatable bonds is 6. The van der Waals surface area contributed by atoms with Crippen LogP contribution in [-0.2, 0) is 19.6 Å². The molecule has 1 amide bonds. The lowest BCUT2D eigenvalue weighted by Gasteiger charge is -2.35. The van der Waals surface area contributed by atoms with Gasteiger partial charge in [0, 0.05) is 32.8 Å². The number of amides is 1. The highest BCUT2D eigenvalue weighted by atomic mass is 32.2. The lowest BCUT2D eigenvalue weighted by atomic mass is 10.2. The summed E-state index contributed by atoms with van der Waals surface area (Å²) in [5.41, 5.74) is 0.0271. The van der Waals surface area contributed by atoms with Crippen LogP contribution >= 0.6 is 0 Å². The van der Waals surface area contributed by atoms with Crippen LogP contribution in [-0.4, -0.2) is 73.5 Å². The molecule has 0 radical (unpaired) electrons. The Morgan fingerprint density at radius 3 is 2.20 bits per heavy atom. The van der Waals surface area contributed by atoms with E-state index in [1.54, 1.807) is 11.8 Å². The van der Waals surface area contributed by atoms with E-state index in [0.29, 0.717) is 19.7 Å². The van der Waals surface area contributed by atoms with Gasteiger partial charge in [-0.05, 0) is 38.1 Å². The third kappa shape index (κ3) is 4.36. The van der Waals surface area contributed by atoms with E-state index in [-0.39, 0.29) is 29.5 Å². The minimum Gasteiger partial charge on any atom is -0.478 e. The van der Waals surface area contributed by atoms with Crippen molar-refractivity contribution in [3.05, 3.63) is 29.8 Å². The topological polar surface area (TPSA) is 104 Å². The van der Waals surface area contributed by atoms with Gasteiger partial charge in [0.25, 0.3) is 5.91 Å². The first-order valence-corrected chi connectivity index (χ1v) is 9.45. The van der Waals surface area contributed by atoms with Crippen molar-refractivity contribution in [1.29, 1.82) is 0 Å². The number of carboxylic acids is 1. The SMILES string of the molecule is CCOC(C)C(=O)N1CCN(S(=O)(=O)c2ccc(C(=O)O)cc2)CC1. The number of sulfonamides is 1. The molecule has 0 bridgehead atoms. The second-order valence-corrected chi connectivity index (χ2v) is 7.59. The Morgan fingerprint density at radius 1 is 1.16 bits per heavy atom.